The quantitative estimate of drug-likeness (QED) is 0.361. The summed E-state index contributed by atoms with van der Waals surface area (Å²) in [6.45, 7) is 7.09. The Kier molecular flexibility index (Phi) is 14.4. The maximum absolute atomic E-state index is 11.4. The number of hydrogen-bond acceptors (Lipinski definition) is 6. The van der Waals surface area contributed by atoms with Crippen LogP contribution < -0.4 is 0 Å². The maximum Gasteiger partial charge on any atom is 0.305 e. The molecule has 0 aromatic carbocycles. The number of hydrogen-bond donors (Lipinski definition) is 0. The van der Waals surface area contributed by atoms with E-state index < -0.39 is 0 Å². The summed E-state index contributed by atoms with van der Waals surface area (Å²) in [6, 6.07) is 0. The lowest BCUT2D eigenvalue weighted by atomic mass is 10.2. The lowest BCUT2D eigenvalue weighted by Crippen LogP contribution is -2.11. The average molecular weight is 304 g/mol. The first-order valence-electron chi connectivity index (χ1n) is 7.67. The predicted molar refractivity (Wildman–Crippen MR) is 78.0 cm³/mol. The third kappa shape index (κ3) is 15.1. The first-order valence-corrected chi connectivity index (χ1v) is 7.67. The highest BCUT2D eigenvalue weighted by atomic mass is 16.5. The van der Waals surface area contributed by atoms with Crippen molar-refractivity contribution in [1.82, 2.24) is 0 Å². The van der Waals surface area contributed by atoms with Crippen molar-refractivity contribution in [3.05, 3.63) is 0 Å². The van der Waals surface area contributed by atoms with Gasteiger partial charge in [0.1, 0.15) is 0 Å². The molecule has 0 aliphatic rings. The summed E-state index contributed by atoms with van der Waals surface area (Å²) >= 11 is 0. The van der Waals surface area contributed by atoms with Crippen LogP contribution in [0.15, 0.2) is 0 Å². The summed E-state index contributed by atoms with van der Waals surface area (Å²) in [5.41, 5.74) is 0. The van der Waals surface area contributed by atoms with Crippen molar-refractivity contribution in [3.63, 3.8) is 0 Å². The lowest BCUT2D eigenvalue weighted by molar-refractivity contribution is -0.145. The van der Waals surface area contributed by atoms with Crippen molar-refractivity contribution >= 4 is 11.9 Å². The summed E-state index contributed by atoms with van der Waals surface area (Å²) in [4.78, 5) is 22.7. The normalized spacial score (nSPS) is 10.4. The first kappa shape index (κ1) is 19.9. The SMILES string of the molecule is CCOCCCOC(=O)CCCC(=O)OCCCOCC. The lowest BCUT2D eigenvalue weighted by Gasteiger charge is -2.06. The van der Waals surface area contributed by atoms with Gasteiger partial charge in [0.25, 0.3) is 0 Å². The smallest absolute Gasteiger partial charge is 0.305 e. The largest absolute Gasteiger partial charge is 0.466 e. The van der Waals surface area contributed by atoms with Crippen molar-refractivity contribution in [2.75, 3.05) is 39.6 Å². The minimum Gasteiger partial charge on any atom is -0.466 e. The van der Waals surface area contributed by atoms with Crippen LogP contribution in [-0.4, -0.2) is 51.6 Å². The summed E-state index contributed by atoms with van der Waals surface area (Å²) in [6.07, 6.45) is 2.32. The molecule has 0 radical (unpaired) electrons. The molecular weight excluding hydrogens is 276 g/mol. The molecule has 0 atom stereocenters. The van der Waals surface area contributed by atoms with E-state index >= 15 is 0 Å². The van der Waals surface area contributed by atoms with Gasteiger partial charge in [0.05, 0.1) is 13.2 Å². The van der Waals surface area contributed by atoms with Gasteiger partial charge in [0.15, 0.2) is 0 Å². The van der Waals surface area contributed by atoms with E-state index in [1.54, 1.807) is 0 Å². The van der Waals surface area contributed by atoms with Crippen molar-refractivity contribution in [1.29, 1.82) is 0 Å². The Labute approximate surface area is 127 Å². The molecule has 0 N–H and O–H groups in total. The molecule has 0 rings (SSSR count). The van der Waals surface area contributed by atoms with E-state index in [0.717, 1.165) is 0 Å². The van der Waals surface area contributed by atoms with Gasteiger partial charge < -0.3 is 18.9 Å². The molecule has 6 heteroatoms. The first-order chi connectivity index (χ1) is 10.2. The Balaban J connectivity index is 3.34. The van der Waals surface area contributed by atoms with Crippen LogP contribution in [0.2, 0.25) is 0 Å². The van der Waals surface area contributed by atoms with Crippen molar-refractivity contribution in [2.45, 2.75) is 46.0 Å². The minimum atomic E-state index is -0.282. The molecule has 0 fully saturated rings. The standard InChI is InChI=1S/C15H28O6/c1-3-18-10-6-12-20-14(16)8-5-9-15(17)21-13-7-11-19-4-2/h3-13H2,1-2H3. The molecule has 0 aliphatic carbocycles. The van der Waals surface area contributed by atoms with Crippen molar-refractivity contribution < 1.29 is 28.5 Å². The number of ether oxygens (including phenoxy) is 4. The van der Waals surface area contributed by atoms with E-state index in [2.05, 4.69) is 0 Å². The maximum atomic E-state index is 11.4. The molecule has 0 saturated heterocycles. The molecule has 6 nitrogen and oxygen atoms in total. The van der Waals surface area contributed by atoms with Crippen LogP contribution in [0, 0.1) is 0 Å². The highest BCUT2D eigenvalue weighted by Gasteiger charge is 2.07. The van der Waals surface area contributed by atoms with E-state index in [-0.39, 0.29) is 24.8 Å². The van der Waals surface area contributed by atoms with Crippen LogP contribution in [0.4, 0.5) is 0 Å². The highest BCUT2D eigenvalue weighted by Crippen LogP contribution is 2.01. The minimum absolute atomic E-state index is 0.239. The zero-order valence-corrected chi connectivity index (χ0v) is 13.2. The second-order valence-corrected chi connectivity index (χ2v) is 4.40. The summed E-state index contributed by atoms with van der Waals surface area (Å²) in [5.74, 6) is -0.564. The van der Waals surface area contributed by atoms with Gasteiger partial charge in [-0.3, -0.25) is 9.59 Å². The van der Waals surface area contributed by atoms with Gasteiger partial charge in [0.2, 0.25) is 0 Å². The summed E-state index contributed by atoms with van der Waals surface area (Å²) < 4.78 is 20.3. The Bertz CT molecular complexity index is 241. The zero-order chi connectivity index (χ0) is 15.8. The van der Waals surface area contributed by atoms with Gasteiger partial charge in [0, 0.05) is 52.1 Å². The van der Waals surface area contributed by atoms with E-state index in [4.69, 9.17) is 18.9 Å². The molecule has 21 heavy (non-hydrogen) atoms. The van der Waals surface area contributed by atoms with Gasteiger partial charge >= 0.3 is 11.9 Å². The Morgan fingerprint density at radius 2 is 1.10 bits per heavy atom. The molecular formula is C15H28O6. The van der Waals surface area contributed by atoms with E-state index in [1.165, 1.54) is 0 Å². The zero-order valence-electron chi connectivity index (χ0n) is 13.2. The average Bonchev–Trinajstić information content (AvgIpc) is 2.47. The van der Waals surface area contributed by atoms with Gasteiger partial charge in [-0.1, -0.05) is 0 Å². The molecule has 0 unspecified atom stereocenters. The van der Waals surface area contributed by atoms with E-state index in [0.29, 0.717) is 58.9 Å². The van der Waals surface area contributed by atoms with E-state index in [1.807, 2.05) is 13.8 Å². The van der Waals surface area contributed by atoms with E-state index in [9.17, 15) is 9.59 Å². The number of carbonyl (C=O) groups is 2. The van der Waals surface area contributed by atoms with Crippen LogP contribution in [0.25, 0.3) is 0 Å². The molecule has 0 spiro atoms. The fourth-order valence-electron chi connectivity index (χ4n) is 1.50. The second kappa shape index (κ2) is 15.3. The highest BCUT2D eigenvalue weighted by molar-refractivity contribution is 5.72. The molecule has 124 valence electrons. The molecule has 0 heterocycles. The Hall–Kier alpha value is -1.14. The fourth-order valence-corrected chi connectivity index (χ4v) is 1.50. The number of esters is 2. The molecule has 0 bridgehead atoms. The van der Waals surface area contributed by atoms with Gasteiger partial charge in [-0.2, -0.15) is 0 Å². The summed E-state index contributed by atoms with van der Waals surface area (Å²) in [7, 11) is 0. The summed E-state index contributed by atoms with van der Waals surface area (Å²) in [5, 5.41) is 0. The predicted octanol–water partition coefficient (Wildman–Crippen LogP) is 2.10. The molecule has 0 aliphatic heterocycles. The van der Waals surface area contributed by atoms with Crippen LogP contribution in [-0.2, 0) is 28.5 Å². The Morgan fingerprint density at radius 3 is 1.48 bits per heavy atom. The topological polar surface area (TPSA) is 71.1 Å². The molecule has 0 saturated carbocycles. The fraction of sp³-hybridized carbons (Fsp3) is 0.867. The monoisotopic (exact) mass is 304 g/mol. The third-order valence-corrected chi connectivity index (χ3v) is 2.56. The second-order valence-electron chi connectivity index (χ2n) is 4.40. The van der Waals surface area contributed by atoms with Crippen LogP contribution >= 0.6 is 0 Å². The third-order valence-electron chi connectivity index (χ3n) is 2.56. The molecule has 0 aromatic rings. The van der Waals surface area contributed by atoms with Crippen LogP contribution in [0.5, 0.6) is 0 Å². The van der Waals surface area contributed by atoms with Crippen molar-refractivity contribution in [2.24, 2.45) is 0 Å². The Morgan fingerprint density at radius 1 is 0.667 bits per heavy atom. The molecule has 0 aromatic heterocycles. The number of rotatable bonds is 14. The van der Waals surface area contributed by atoms with Gasteiger partial charge in [-0.25, -0.2) is 0 Å². The molecule has 0 amide bonds. The van der Waals surface area contributed by atoms with Gasteiger partial charge in [-0.05, 0) is 20.3 Å². The van der Waals surface area contributed by atoms with Crippen molar-refractivity contribution in [3.8, 4) is 0 Å². The van der Waals surface area contributed by atoms with Crippen LogP contribution in [0.1, 0.15) is 46.0 Å². The van der Waals surface area contributed by atoms with Gasteiger partial charge in [-0.15, -0.1) is 0 Å². The number of carbonyl (C=O) groups excluding carboxylic acids is 2. The van der Waals surface area contributed by atoms with Crippen LogP contribution in [0.3, 0.4) is 0 Å².